The number of piperidine rings is 1. The van der Waals surface area contributed by atoms with E-state index in [0.29, 0.717) is 12.0 Å². The van der Waals surface area contributed by atoms with Gasteiger partial charge in [-0.05, 0) is 12.8 Å². The lowest BCUT2D eigenvalue weighted by Crippen LogP contribution is -2.42. The Hall–Kier alpha value is -0.570. The molecule has 2 saturated heterocycles. The minimum atomic E-state index is 0.234. The van der Waals surface area contributed by atoms with Crippen LogP contribution in [0.5, 0.6) is 0 Å². The van der Waals surface area contributed by atoms with Crippen LogP contribution in [-0.4, -0.2) is 36.6 Å². The van der Waals surface area contributed by atoms with Crippen molar-refractivity contribution in [1.82, 2.24) is 4.90 Å². The molecule has 1 amide bonds. The molecule has 0 N–H and O–H groups in total. The van der Waals surface area contributed by atoms with Crippen LogP contribution < -0.4 is 0 Å². The first-order chi connectivity index (χ1) is 5.77. The minimum Gasteiger partial charge on any atom is -0.371 e. The third kappa shape index (κ3) is 1.61. The fourth-order valence-corrected chi connectivity index (χ4v) is 1.73. The summed E-state index contributed by atoms with van der Waals surface area (Å²) in [5.74, 6) is 0.550. The molecular weight excluding hydrogens is 154 g/mol. The molecule has 2 atom stereocenters. The fraction of sp³-hybridized carbons (Fsp3) is 0.889. The molecule has 3 nitrogen and oxygen atoms in total. The Morgan fingerprint density at radius 3 is 3.08 bits per heavy atom. The summed E-state index contributed by atoms with van der Waals surface area (Å²) in [6, 6.07) is 0. The molecule has 2 rings (SSSR count). The maximum atomic E-state index is 11.6. The number of likely N-dealkylation sites (tertiary alicyclic amines) is 1. The van der Waals surface area contributed by atoms with Crippen LogP contribution in [0.2, 0.25) is 0 Å². The molecule has 2 aliphatic heterocycles. The third-order valence-electron chi connectivity index (χ3n) is 2.62. The summed E-state index contributed by atoms with van der Waals surface area (Å²) in [5.41, 5.74) is 0. The lowest BCUT2D eigenvalue weighted by Gasteiger charge is -2.30. The van der Waals surface area contributed by atoms with Crippen LogP contribution in [0.1, 0.15) is 19.8 Å². The highest BCUT2D eigenvalue weighted by Gasteiger charge is 2.31. The molecule has 0 aliphatic carbocycles. The highest BCUT2D eigenvalue weighted by molar-refractivity contribution is 5.79. The first kappa shape index (κ1) is 8.05. The summed E-state index contributed by atoms with van der Waals surface area (Å²) in [5, 5.41) is 0. The van der Waals surface area contributed by atoms with Gasteiger partial charge in [0.2, 0.25) is 5.91 Å². The number of epoxide rings is 1. The van der Waals surface area contributed by atoms with E-state index in [1.807, 2.05) is 11.8 Å². The molecule has 2 heterocycles. The number of carbonyl (C=O) groups is 1. The van der Waals surface area contributed by atoms with E-state index in [2.05, 4.69) is 0 Å². The summed E-state index contributed by atoms with van der Waals surface area (Å²) >= 11 is 0. The Kier molecular flexibility index (Phi) is 2.05. The third-order valence-corrected chi connectivity index (χ3v) is 2.62. The smallest absolute Gasteiger partial charge is 0.225 e. The number of carbonyl (C=O) groups excluding carboxylic acids is 1. The molecule has 0 spiro atoms. The number of ether oxygens (including phenoxy) is 1. The second-order valence-electron chi connectivity index (χ2n) is 3.78. The van der Waals surface area contributed by atoms with Gasteiger partial charge in [0.1, 0.15) is 0 Å². The summed E-state index contributed by atoms with van der Waals surface area (Å²) in [7, 11) is 0. The van der Waals surface area contributed by atoms with Gasteiger partial charge in [-0.25, -0.2) is 0 Å². The summed E-state index contributed by atoms with van der Waals surface area (Å²) in [6.07, 6.45) is 2.56. The highest BCUT2D eigenvalue weighted by Crippen LogP contribution is 2.20. The van der Waals surface area contributed by atoms with Crippen LogP contribution in [0.3, 0.4) is 0 Å². The van der Waals surface area contributed by atoms with Crippen LogP contribution in [0.15, 0.2) is 0 Å². The molecule has 68 valence electrons. The molecule has 0 aromatic heterocycles. The van der Waals surface area contributed by atoms with Gasteiger partial charge < -0.3 is 9.64 Å². The van der Waals surface area contributed by atoms with Crippen LogP contribution in [0.25, 0.3) is 0 Å². The van der Waals surface area contributed by atoms with Crippen molar-refractivity contribution in [2.24, 2.45) is 5.92 Å². The molecule has 0 aromatic rings. The zero-order valence-corrected chi connectivity index (χ0v) is 7.45. The molecule has 2 unspecified atom stereocenters. The number of hydrogen-bond donors (Lipinski definition) is 0. The van der Waals surface area contributed by atoms with Crippen LogP contribution >= 0.6 is 0 Å². The van der Waals surface area contributed by atoms with Gasteiger partial charge in [0.25, 0.3) is 0 Å². The van der Waals surface area contributed by atoms with Crippen molar-refractivity contribution >= 4 is 5.91 Å². The molecule has 0 bridgehead atoms. The Morgan fingerprint density at radius 2 is 2.42 bits per heavy atom. The topological polar surface area (TPSA) is 32.8 Å². The Bertz CT molecular complexity index is 189. The lowest BCUT2D eigenvalue weighted by atomic mass is 9.99. The SMILES string of the molecule is CC1CCCN(CC2CO2)C1=O. The zero-order valence-electron chi connectivity index (χ0n) is 7.45. The van der Waals surface area contributed by atoms with E-state index in [4.69, 9.17) is 4.74 Å². The Morgan fingerprint density at radius 1 is 1.67 bits per heavy atom. The van der Waals surface area contributed by atoms with Crippen LogP contribution in [0, 0.1) is 5.92 Å². The summed E-state index contributed by atoms with van der Waals surface area (Å²) < 4.78 is 5.10. The van der Waals surface area contributed by atoms with Gasteiger partial charge in [0.05, 0.1) is 12.7 Å². The Labute approximate surface area is 72.7 Å². The predicted octanol–water partition coefficient (Wildman–Crippen LogP) is 0.644. The maximum Gasteiger partial charge on any atom is 0.225 e. The number of hydrogen-bond acceptors (Lipinski definition) is 2. The van der Waals surface area contributed by atoms with E-state index < -0.39 is 0 Å². The maximum absolute atomic E-state index is 11.6. The van der Waals surface area contributed by atoms with Gasteiger partial charge in [-0.2, -0.15) is 0 Å². The minimum absolute atomic E-state index is 0.234. The van der Waals surface area contributed by atoms with Gasteiger partial charge >= 0.3 is 0 Å². The summed E-state index contributed by atoms with van der Waals surface area (Å²) in [4.78, 5) is 13.5. The zero-order chi connectivity index (χ0) is 8.55. The van der Waals surface area contributed by atoms with Gasteiger partial charge in [-0.15, -0.1) is 0 Å². The predicted molar refractivity (Wildman–Crippen MR) is 44.7 cm³/mol. The number of nitrogens with zero attached hydrogens (tertiary/aromatic N) is 1. The van der Waals surface area contributed by atoms with Gasteiger partial charge in [0, 0.05) is 19.0 Å². The largest absolute Gasteiger partial charge is 0.371 e. The van der Waals surface area contributed by atoms with Crippen molar-refractivity contribution in [3.05, 3.63) is 0 Å². The quantitative estimate of drug-likeness (QED) is 0.568. The average molecular weight is 169 g/mol. The van der Waals surface area contributed by atoms with Crippen LogP contribution in [-0.2, 0) is 9.53 Å². The number of amides is 1. The molecule has 3 heteroatoms. The van der Waals surface area contributed by atoms with Crippen molar-refractivity contribution in [2.45, 2.75) is 25.9 Å². The van der Waals surface area contributed by atoms with Gasteiger partial charge in [0.15, 0.2) is 0 Å². The Balaban J connectivity index is 1.89. The molecule has 0 saturated carbocycles. The normalized spacial score (nSPS) is 35.4. The first-order valence-corrected chi connectivity index (χ1v) is 4.68. The van der Waals surface area contributed by atoms with Crippen molar-refractivity contribution in [1.29, 1.82) is 0 Å². The van der Waals surface area contributed by atoms with E-state index in [1.54, 1.807) is 0 Å². The molecule has 2 aliphatic rings. The average Bonchev–Trinajstić information content (AvgIpc) is 2.83. The van der Waals surface area contributed by atoms with Gasteiger partial charge in [-0.1, -0.05) is 6.92 Å². The monoisotopic (exact) mass is 169 g/mol. The number of rotatable bonds is 2. The van der Waals surface area contributed by atoms with Crippen molar-refractivity contribution < 1.29 is 9.53 Å². The molecule has 0 aromatic carbocycles. The summed E-state index contributed by atoms with van der Waals surface area (Å²) in [6.45, 7) is 4.62. The fourth-order valence-electron chi connectivity index (χ4n) is 1.73. The van der Waals surface area contributed by atoms with Crippen molar-refractivity contribution in [2.75, 3.05) is 19.7 Å². The van der Waals surface area contributed by atoms with Crippen molar-refractivity contribution in [3.63, 3.8) is 0 Å². The molecule has 2 fully saturated rings. The van der Waals surface area contributed by atoms with E-state index in [-0.39, 0.29) is 5.92 Å². The first-order valence-electron chi connectivity index (χ1n) is 4.68. The lowest BCUT2D eigenvalue weighted by molar-refractivity contribution is -0.137. The van der Waals surface area contributed by atoms with E-state index in [0.717, 1.165) is 32.5 Å². The highest BCUT2D eigenvalue weighted by atomic mass is 16.6. The van der Waals surface area contributed by atoms with E-state index in [1.165, 1.54) is 0 Å². The van der Waals surface area contributed by atoms with Crippen molar-refractivity contribution in [3.8, 4) is 0 Å². The van der Waals surface area contributed by atoms with E-state index in [9.17, 15) is 4.79 Å². The molecular formula is C9H15NO2. The van der Waals surface area contributed by atoms with E-state index >= 15 is 0 Å². The van der Waals surface area contributed by atoms with Gasteiger partial charge in [-0.3, -0.25) is 4.79 Å². The second-order valence-corrected chi connectivity index (χ2v) is 3.78. The molecule has 0 radical (unpaired) electrons. The molecule has 12 heavy (non-hydrogen) atoms. The standard InChI is InChI=1S/C9H15NO2/c1-7-3-2-4-10(9(7)11)5-8-6-12-8/h7-8H,2-6H2,1H3. The van der Waals surface area contributed by atoms with Crippen LogP contribution in [0.4, 0.5) is 0 Å². The second kappa shape index (κ2) is 3.05.